The minimum Gasteiger partial charge on any atom is -0.395 e. The van der Waals surface area contributed by atoms with Crippen LogP contribution in [0.15, 0.2) is 35.2 Å². The van der Waals surface area contributed by atoms with Gasteiger partial charge in [-0.3, -0.25) is 4.79 Å². The van der Waals surface area contributed by atoms with E-state index < -0.39 is 22.5 Å². The third-order valence-electron chi connectivity index (χ3n) is 2.56. The number of sulfonamides is 1. The number of carbonyl (C=O) groups excluding carboxylic acids is 1. The van der Waals surface area contributed by atoms with Gasteiger partial charge in [-0.2, -0.15) is 0 Å². The number of hydrogen-bond donors (Lipinski definition) is 3. The fraction of sp³-hybridized carbons (Fsp3) is 0.417. The molecule has 1 aromatic carbocycles. The molecule has 0 unspecified atom stereocenters. The Bertz CT molecular complexity index is 512. The van der Waals surface area contributed by atoms with Gasteiger partial charge in [0.25, 0.3) is 0 Å². The van der Waals surface area contributed by atoms with Gasteiger partial charge in [-0.15, -0.1) is 0 Å². The predicted molar refractivity (Wildman–Crippen MR) is 72.4 cm³/mol. The standard InChI is InChI=1S/C12H18N2O5S/c15-8-6-14(7-9-16)12(17)10-13-20(18,19)11-4-2-1-3-5-11/h1-5,13,15-16H,6-10H2. The highest BCUT2D eigenvalue weighted by atomic mass is 32.2. The van der Waals surface area contributed by atoms with E-state index in [0.717, 1.165) is 0 Å². The van der Waals surface area contributed by atoms with Crippen LogP contribution in [0.4, 0.5) is 0 Å². The Kier molecular flexibility index (Phi) is 6.59. The zero-order chi connectivity index (χ0) is 15.0. The quantitative estimate of drug-likeness (QED) is 0.558. The van der Waals surface area contributed by atoms with Crippen molar-refractivity contribution in [1.29, 1.82) is 0 Å². The van der Waals surface area contributed by atoms with Crippen molar-refractivity contribution in [2.24, 2.45) is 0 Å². The van der Waals surface area contributed by atoms with Gasteiger partial charge < -0.3 is 15.1 Å². The van der Waals surface area contributed by atoms with Crippen molar-refractivity contribution in [3.63, 3.8) is 0 Å². The molecule has 0 radical (unpaired) electrons. The molecule has 112 valence electrons. The smallest absolute Gasteiger partial charge is 0.241 e. The molecule has 1 aromatic rings. The second kappa shape index (κ2) is 7.95. The Morgan fingerprint density at radius 3 is 2.15 bits per heavy atom. The van der Waals surface area contributed by atoms with Gasteiger partial charge in [0, 0.05) is 13.1 Å². The summed E-state index contributed by atoms with van der Waals surface area (Å²) in [5.41, 5.74) is 0. The van der Waals surface area contributed by atoms with Crippen molar-refractivity contribution < 1.29 is 23.4 Å². The minimum atomic E-state index is -3.74. The molecular formula is C12H18N2O5S. The summed E-state index contributed by atoms with van der Waals surface area (Å²) < 4.78 is 26.0. The van der Waals surface area contributed by atoms with Gasteiger partial charge in [0.1, 0.15) is 0 Å². The van der Waals surface area contributed by atoms with Crippen LogP contribution in [0.3, 0.4) is 0 Å². The number of nitrogens with one attached hydrogen (secondary N) is 1. The van der Waals surface area contributed by atoms with E-state index in [1.54, 1.807) is 18.2 Å². The Balaban J connectivity index is 2.63. The van der Waals surface area contributed by atoms with Crippen LogP contribution < -0.4 is 4.72 Å². The lowest BCUT2D eigenvalue weighted by molar-refractivity contribution is -0.130. The second-order valence-electron chi connectivity index (χ2n) is 3.97. The number of rotatable bonds is 8. The molecule has 1 amide bonds. The summed E-state index contributed by atoms with van der Waals surface area (Å²) in [5, 5.41) is 17.6. The van der Waals surface area contributed by atoms with Gasteiger partial charge in [-0.25, -0.2) is 13.1 Å². The molecule has 0 aromatic heterocycles. The summed E-state index contributed by atoms with van der Waals surface area (Å²) >= 11 is 0. The van der Waals surface area contributed by atoms with Gasteiger partial charge in [-0.1, -0.05) is 18.2 Å². The van der Waals surface area contributed by atoms with Gasteiger partial charge in [-0.05, 0) is 12.1 Å². The van der Waals surface area contributed by atoms with Crippen molar-refractivity contribution in [3.8, 4) is 0 Å². The first-order valence-electron chi connectivity index (χ1n) is 6.05. The summed E-state index contributed by atoms with van der Waals surface area (Å²) in [6.45, 7) is -0.829. The van der Waals surface area contributed by atoms with Crippen LogP contribution in [0, 0.1) is 0 Å². The van der Waals surface area contributed by atoms with Gasteiger partial charge in [0.15, 0.2) is 0 Å². The summed E-state index contributed by atoms with van der Waals surface area (Å²) in [6, 6.07) is 7.70. The molecule has 1 rings (SSSR count). The van der Waals surface area contributed by atoms with Crippen molar-refractivity contribution in [2.75, 3.05) is 32.8 Å². The van der Waals surface area contributed by atoms with Crippen LogP contribution in [0.1, 0.15) is 0 Å². The monoisotopic (exact) mass is 302 g/mol. The van der Waals surface area contributed by atoms with E-state index in [2.05, 4.69) is 4.72 Å². The molecule has 8 heteroatoms. The van der Waals surface area contributed by atoms with E-state index >= 15 is 0 Å². The fourth-order valence-corrected chi connectivity index (χ4v) is 2.55. The Labute approximate surface area is 117 Å². The summed E-state index contributed by atoms with van der Waals surface area (Å²) in [6.07, 6.45) is 0. The Morgan fingerprint density at radius 1 is 1.10 bits per heavy atom. The number of carbonyl (C=O) groups is 1. The lowest BCUT2D eigenvalue weighted by Crippen LogP contribution is -2.42. The van der Waals surface area contributed by atoms with Crippen molar-refractivity contribution in [3.05, 3.63) is 30.3 Å². The molecule has 0 atom stereocenters. The molecular weight excluding hydrogens is 284 g/mol. The minimum absolute atomic E-state index is 0.0481. The number of nitrogens with zero attached hydrogens (tertiary/aromatic N) is 1. The number of amides is 1. The highest BCUT2D eigenvalue weighted by Gasteiger charge is 2.18. The maximum atomic E-state index is 11.9. The van der Waals surface area contributed by atoms with Gasteiger partial charge in [0.05, 0.1) is 24.7 Å². The fourth-order valence-electron chi connectivity index (χ4n) is 1.55. The summed E-state index contributed by atoms with van der Waals surface area (Å²) in [7, 11) is -3.74. The van der Waals surface area contributed by atoms with Gasteiger partial charge in [0.2, 0.25) is 15.9 Å². The first kappa shape index (κ1) is 16.6. The zero-order valence-corrected chi connectivity index (χ0v) is 11.7. The number of aliphatic hydroxyl groups is 2. The number of hydrogen-bond acceptors (Lipinski definition) is 5. The first-order chi connectivity index (χ1) is 9.51. The highest BCUT2D eigenvalue weighted by molar-refractivity contribution is 7.89. The van der Waals surface area contributed by atoms with Crippen LogP contribution in [0.2, 0.25) is 0 Å². The average molecular weight is 302 g/mol. The van der Waals surface area contributed by atoms with E-state index in [-0.39, 0.29) is 31.2 Å². The van der Waals surface area contributed by atoms with Gasteiger partial charge >= 0.3 is 0 Å². The summed E-state index contributed by atoms with van der Waals surface area (Å²) in [5.74, 6) is -0.507. The first-order valence-corrected chi connectivity index (χ1v) is 7.54. The maximum Gasteiger partial charge on any atom is 0.241 e. The van der Waals surface area contributed by atoms with E-state index in [9.17, 15) is 13.2 Å². The molecule has 0 heterocycles. The normalized spacial score (nSPS) is 11.3. The van der Waals surface area contributed by atoms with Crippen molar-refractivity contribution in [2.45, 2.75) is 4.90 Å². The average Bonchev–Trinajstić information content (AvgIpc) is 2.45. The van der Waals surface area contributed by atoms with Crippen LogP contribution in [-0.4, -0.2) is 62.3 Å². The second-order valence-corrected chi connectivity index (χ2v) is 5.73. The Morgan fingerprint density at radius 2 is 1.65 bits per heavy atom. The predicted octanol–water partition coefficient (Wildman–Crippen LogP) is -1.22. The van der Waals surface area contributed by atoms with E-state index in [0.29, 0.717) is 0 Å². The van der Waals surface area contributed by atoms with Crippen LogP contribution in [0.5, 0.6) is 0 Å². The lowest BCUT2D eigenvalue weighted by atomic mass is 10.4. The molecule has 0 aliphatic carbocycles. The molecule has 7 nitrogen and oxygen atoms in total. The number of aliphatic hydroxyl groups excluding tert-OH is 2. The van der Waals surface area contributed by atoms with Crippen LogP contribution >= 0.6 is 0 Å². The van der Waals surface area contributed by atoms with Crippen molar-refractivity contribution >= 4 is 15.9 Å². The molecule has 0 saturated heterocycles. The molecule has 0 saturated carbocycles. The molecule has 0 aliphatic heterocycles. The van der Waals surface area contributed by atoms with Crippen molar-refractivity contribution in [1.82, 2.24) is 9.62 Å². The third-order valence-corrected chi connectivity index (χ3v) is 3.98. The zero-order valence-electron chi connectivity index (χ0n) is 10.9. The Hall–Kier alpha value is -1.48. The highest BCUT2D eigenvalue weighted by Crippen LogP contribution is 2.06. The SMILES string of the molecule is O=C(CNS(=O)(=O)c1ccccc1)N(CCO)CCO. The summed E-state index contributed by atoms with van der Waals surface area (Å²) in [4.78, 5) is 13.0. The molecule has 3 N–H and O–H groups in total. The molecule has 20 heavy (non-hydrogen) atoms. The van der Waals surface area contributed by atoms with Crippen LogP contribution in [0.25, 0.3) is 0 Å². The molecule has 0 aliphatic rings. The topological polar surface area (TPSA) is 107 Å². The molecule has 0 bridgehead atoms. The van der Waals surface area contributed by atoms with E-state index in [1.165, 1.54) is 17.0 Å². The van der Waals surface area contributed by atoms with E-state index in [1.807, 2.05) is 0 Å². The molecule has 0 fully saturated rings. The van der Waals surface area contributed by atoms with Crippen LogP contribution in [-0.2, 0) is 14.8 Å². The number of benzene rings is 1. The largest absolute Gasteiger partial charge is 0.395 e. The van der Waals surface area contributed by atoms with E-state index in [4.69, 9.17) is 10.2 Å². The molecule has 0 spiro atoms. The maximum absolute atomic E-state index is 11.9. The lowest BCUT2D eigenvalue weighted by Gasteiger charge is -2.20. The third kappa shape index (κ3) is 4.89.